The number of alkyl halides is 3. The van der Waals surface area contributed by atoms with Crippen molar-refractivity contribution >= 4 is 23.3 Å². The molecule has 0 saturated heterocycles. The number of hydrogen-bond acceptors (Lipinski definition) is 4. The number of benzene rings is 1. The Labute approximate surface area is 171 Å². The maximum absolute atomic E-state index is 13.1. The third-order valence-corrected chi connectivity index (χ3v) is 5.24. The number of halogens is 4. The normalized spacial score (nSPS) is 17.4. The molecule has 1 aliphatic rings. The summed E-state index contributed by atoms with van der Waals surface area (Å²) in [6.45, 7) is 3.87. The zero-order valence-electron chi connectivity index (χ0n) is 15.8. The Bertz CT molecular complexity index is 974. The van der Waals surface area contributed by atoms with Crippen LogP contribution in [0.3, 0.4) is 0 Å². The van der Waals surface area contributed by atoms with Crippen molar-refractivity contribution in [2.24, 2.45) is 5.73 Å². The van der Waals surface area contributed by atoms with Gasteiger partial charge < -0.3 is 16.0 Å². The third kappa shape index (κ3) is 4.32. The number of aryl methyl sites for hydroxylation is 1. The van der Waals surface area contributed by atoms with Gasteiger partial charge in [0.05, 0.1) is 27.9 Å². The van der Waals surface area contributed by atoms with E-state index in [1.807, 2.05) is 19.1 Å². The molecule has 0 aliphatic carbocycles. The van der Waals surface area contributed by atoms with E-state index < -0.39 is 28.7 Å². The molecule has 0 radical (unpaired) electrons. The SMILES string of the molecule is Cc1cccc(NC2=C(N)C(C)N(C(=O)c3cccc(C(F)(F)F)c3Cl)CC2)n1. The van der Waals surface area contributed by atoms with Crippen LogP contribution in [-0.4, -0.2) is 28.4 Å². The Morgan fingerprint density at radius 1 is 1.28 bits per heavy atom. The predicted molar refractivity (Wildman–Crippen MR) is 105 cm³/mol. The van der Waals surface area contributed by atoms with Crippen LogP contribution >= 0.6 is 11.6 Å². The van der Waals surface area contributed by atoms with Gasteiger partial charge in [0, 0.05) is 24.4 Å². The summed E-state index contributed by atoms with van der Waals surface area (Å²) in [6.07, 6.45) is -4.23. The average molecular weight is 425 g/mol. The summed E-state index contributed by atoms with van der Waals surface area (Å²) in [6, 6.07) is 8.32. The summed E-state index contributed by atoms with van der Waals surface area (Å²) < 4.78 is 39.3. The Hall–Kier alpha value is -2.74. The van der Waals surface area contributed by atoms with Crippen molar-refractivity contribution in [3.63, 3.8) is 0 Å². The van der Waals surface area contributed by atoms with Crippen molar-refractivity contribution in [3.05, 3.63) is 69.6 Å². The number of pyridine rings is 1. The highest BCUT2D eigenvalue weighted by atomic mass is 35.5. The second-order valence-electron chi connectivity index (χ2n) is 6.81. The van der Waals surface area contributed by atoms with Gasteiger partial charge in [0.1, 0.15) is 5.82 Å². The molecular formula is C20H20ClF3N4O. The molecule has 0 saturated carbocycles. The molecule has 2 heterocycles. The number of anilines is 1. The lowest BCUT2D eigenvalue weighted by atomic mass is 10.0. The van der Waals surface area contributed by atoms with Crippen LogP contribution in [0.25, 0.3) is 0 Å². The van der Waals surface area contributed by atoms with Crippen LogP contribution in [0.2, 0.25) is 5.02 Å². The van der Waals surface area contributed by atoms with Gasteiger partial charge in [-0.2, -0.15) is 13.2 Å². The summed E-state index contributed by atoms with van der Waals surface area (Å²) in [4.78, 5) is 18.7. The highest BCUT2D eigenvalue weighted by Gasteiger charge is 2.36. The number of nitrogens with one attached hydrogen (secondary N) is 1. The lowest BCUT2D eigenvalue weighted by molar-refractivity contribution is -0.137. The van der Waals surface area contributed by atoms with Gasteiger partial charge in [-0.1, -0.05) is 23.7 Å². The van der Waals surface area contributed by atoms with Gasteiger partial charge >= 0.3 is 6.18 Å². The first-order valence-corrected chi connectivity index (χ1v) is 9.33. The molecule has 1 aromatic carbocycles. The lowest BCUT2D eigenvalue weighted by Gasteiger charge is -2.36. The van der Waals surface area contributed by atoms with Gasteiger partial charge in [0.25, 0.3) is 5.91 Å². The Morgan fingerprint density at radius 2 is 1.97 bits per heavy atom. The van der Waals surface area contributed by atoms with Gasteiger partial charge in [-0.05, 0) is 38.1 Å². The number of hydrogen-bond donors (Lipinski definition) is 2. The molecule has 1 amide bonds. The topological polar surface area (TPSA) is 71.2 Å². The number of carbonyl (C=O) groups is 1. The molecule has 9 heteroatoms. The molecule has 1 atom stereocenters. The van der Waals surface area contributed by atoms with Crippen LogP contribution in [-0.2, 0) is 6.18 Å². The summed E-state index contributed by atoms with van der Waals surface area (Å²) in [5.74, 6) is 0.0418. The van der Waals surface area contributed by atoms with E-state index >= 15 is 0 Å². The molecule has 0 fully saturated rings. The largest absolute Gasteiger partial charge is 0.417 e. The minimum absolute atomic E-state index is 0.196. The van der Waals surface area contributed by atoms with Gasteiger partial charge in [0.2, 0.25) is 0 Å². The second kappa shape index (κ2) is 7.94. The summed E-state index contributed by atoms with van der Waals surface area (Å²) in [5.41, 5.74) is 7.00. The van der Waals surface area contributed by atoms with E-state index in [0.29, 0.717) is 17.9 Å². The van der Waals surface area contributed by atoms with E-state index in [1.165, 1.54) is 17.0 Å². The first kappa shape index (κ1) is 21.0. The number of aromatic nitrogens is 1. The molecule has 1 unspecified atom stereocenters. The predicted octanol–water partition coefficient (Wildman–Crippen LogP) is 4.58. The van der Waals surface area contributed by atoms with Crippen molar-refractivity contribution in [1.82, 2.24) is 9.88 Å². The van der Waals surface area contributed by atoms with E-state index in [0.717, 1.165) is 17.5 Å². The van der Waals surface area contributed by atoms with Crippen molar-refractivity contribution in [2.45, 2.75) is 32.5 Å². The number of carbonyl (C=O) groups excluding carboxylic acids is 1. The van der Waals surface area contributed by atoms with Crippen LogP contribution in [0.1, 0.15) is 35.0 Å². The monoisotopic (exact) mass is 424 g/mol. The summed E-state index contributed by atoms with van der Waals surface area (Å²) in [7, 11) is 0. The number of nitrogens with two attached hydrogens (primary N) is 1. The van der Waals surface area contributed by atoms with E-state index in [2.05, 4.69) is 10.3 Å². The lowest BCUT2D eigenvalue weighted by Crippen LogP contribution is -2.46. The van der Waals surface area contributed by atoms with E-state index in [4.69, 9.17) is 17.3 Å². The Morgan fingerprint density at radius 3 is 2.62 bits per heavy atom. The van der Waals surface area contributed by atoms with Gasteiger partial charge in [-0.3, -0.25) is 4.79 Å². The minimum Gasteiger partial charge on any atom is -0.399 e. The van der Waals surface area contributed by atoms with Gasteiger partial charge in [-0.25, -0.2) is 4.98 Å². The Balaban J connectivity index is 1.85. The standard InChI is InChI=1S/C20H20ClF3N4O/c1-11-5-3-8-16(26-11)27-15-9-10-28(12(2)18(15)25)19(29)13-6-4-7-14(17(13)21)20(22,23)24/h3-8,12H,9-10,25H2,1-2H3,(H,26,27). The van der Waals surface area contributed by atoms with Gasteiger partial charge in [-0.15, -0.1) is 0 Å². The molecule has 5 nitrogen and oxygen atoms in total. The van der Waals surface area contributed by atoms with Crippen LogP contribution in [0.4, 0.5) is 19.0 Å². The zero-order chi connectivity index (χ0) is 21.3. The second-order valence-corrected chi connectivity index (χ2v) is 7.19. The van der Waals surface area contributed by atoms with E-state index in [9.17, 15) is 18.0 Å². The molecule has 3 rings (SSSR count). The van der Waals surface area contributed by atoms with E-state index in [1.54, 1.807) is 13.0 Å². The van der Waals surface area contributed by atoms with Crippen molar-refractivity contribution in [2.75, 3.05) is 11.9 Å². The molecular weight excluding hydrogens is 405 g/mol. The summed E-state index contributed by atoms with van der Waals surface area (Å²) >= 11 is 5.91. The summed E-state index contributed by atoms with van der Waals surface area (Å²) in [5, 5.41) is 2.57. The molecule has 154 valence electrons. The minimum atomic E-state index is -4.64. The fraction of sp³-hybridized carbons (Fsp3) is 0.300. The van der Waals surface area contributed by atoms with Gasteiger partial charge in [0.15, 0.2) is 0 Å². The molecule has 3 N–H and O–H groups in total. The fourth-order valence-corrected chi connectivity index (χ4v) is 3.55. The number of amides is 1. The molecule has 0 spiro atoms. The maximum atomic E-state index is 13.1. The quantitative estimate of drug-likeness (QED) is 0.756. The van der Waals surface area contributed by atoms with Crippen LogP contribution in [0, 0.1) is 6.92 Å². The molecule has 0 bridgehead atoms. The molecule has 1 aromatic heterocycles. The zero-order valence-corrected chi connectivity index (χ0v) is 16.6. The third-order valence-electron chi connectivity index (χ3n) is 4.83. The smallest absolute Gasteiger partial charge is 0.399 e. The van der Waals surface area contributed by atoms with Crippen molar-refractivity contribution in [3.8, 4) is 0 Å². The maximum Gasteiger partial charge on any atom is 0.417 e. The van der Waals surface area contributed by atoms with Crippen molar-refractivity contribution < 1.29 is 18.0 Å². The van der Waals surface area contributed by atoms with Crippen molar-refractivity contribution in [1.29, 1.82) is 0 Å². The van der Waals surface area contributed by atoms with Crippen LogP contribution < -0.4 is 11.1 Å². The Kier molecular flexibility index (Phi) is 5.75. The molecule has 2 aromatic rings. The highest BCUT2D eigenvalue weighted by Crippen LogP contribution is 2.37. The number of rotatable bonds is 3. The molecule has 29 heavy (non-hydrogen) atoms. The molecule has 1 aliphatic heterocycles. The average Bonchev–Trinajstić information content (AvgIpc) is 2.64. The fourth-order valence-electron chi connectivity index (χ4n) is 3.24. The van der Waals surface area contributed by atoms with E-state index in [-0.39, 0.29) is 12.1 Å². The first-order chi connectivity index (χ1) is 13.6. The first-order valence-electron chi connectivity index (χ1n) is 8.95. The highest BCUT2D eigenvalue weighted by molar-refractivity contribution is 6.34. The number of nitrogens with zero attached hydrogens (tertiary/aromatic N) is 2. The van der Waals surface area contributed by atoms with Crippen LogP contribution in [0.15, 0.2) is 47.8 Å². The van der Waals surface area contributed by atoms with Crippen LogP contribution in [0.5, 0.6) is 0 Å².